The minimum absolute atomic E-state index is 0.504. The predicted molar refractivity (Wildman–Crippen MR) is 67.0 cm³/mol. The molecule has 0 aromatic carbocycles. The Kier molecular flexibility index (Phi) is 3.08. The Labute approximate surface area is 101 Å². The van der Waals surface area contributed by atoms with Gasteiger partial charge in [-0.3, -0.25) is 4.57 Å². The molecular formula is C12H17N5. The van der Waals surface area contributed by atoms with Gasteiger partial charge < -0.3 is 5.73 Å². The number of nitrogens with two attached hydrogens (primary N) is 1. The molecule has 90 valence electrons. The van der Waals surface area contributed by atoms with E-state index in [0.717, 1.165) is 35.9 Å². The van der Waals surface area contributed by atoms with Gasteiger partial charge in [-0.15, -0.1) is 0 Å². The number of imidazole rings is 1. The molecule has 2 aromatic rings. The van der Waals surface area contributed by atoms with Crippen LogP contribution in [-0.4, -0.2) is 19.5 Å². The van der Waals surface area contributed by atoms with Crippen LogP contribution in [0.3, 0.4) is 0 Å². The summed E-state index contributed by atoms with van der Waals surface area (Å²) < 4.78 is 1.94. The quantitative estimate of drug-likeness (QED) is 0.874. The highest BCUT2D eigenvalue weighted by Crippen LogP contribution is 2.14. The molecule has 0 atom stereocenters. The topological polar surface area (TPSA) is 69.6 Å². The largest absolute Gasteiger partial charge is 0.384 e. The summed E-state index contributed by atoms with van der Waals surface area (Å²) in [6.45, 7) is 6.09. The zero-order valence-corrected chi connectivity index (χ0v) is 10.4. The third-order valence-corrected chi connectivity index (χ3v) is 2.75. The first-order chi connectivity index (χ1) is 8.11. The van der Waals surface area contributed by atoms with Gasteiger partial charge in [0.15, 0.2) is 0 Å². The van der Waals surface area contributed by atoms with Crippen molar-refractivity contribution in [2.45, 2.75) is 33.6 Å². The lowest BCUT2D eigenvalue weighted by atomic mass is 10.3. The molecule has 2 rings (SSSR count). The molecule has 0 bridgehead atoms. The molecule has 0 unspecified atom stereocenters. The predicted octanol–water partition coefficient (Wildman–Crippen LogP) is 1.81. The molecule has 5 nitrogen and oxygen atoms in total. The Morgan fingerprint density at radius 1 is 1.29 bits per heavy atom. The molecule has 2 aromatic heterocycles. The van der Waals surface area contributed by atoms with E-state index in [0.29, 0.717) is 5.82 Å². The molecular weight excluding hydrogens is 214 g/mol. The van der Waals surface area contributed by atoms with E-state index in [-0.39, 0.29) is 0 Å². The van der Waals surface area contributed by atoms with Gasteiger partial charge in [-0.2, -0.15) is 0 Å². The van der Waals surface area contributed by atoms with Crippen LogP contribution in [0.5, 0.6) is 0 Å². The van der Waals surface area contributed by atoms with Crippen LogP contribution in [-0.2, 0) is 6.42 Å². The molecule has 2 heterocycles. The van der Waals surface area contributed by atoms with E-state index in [1.807, 2.05) is 18.4 Å². The van der Waals surface area contributed by atoms with E-state index >= 15 is 0 Å². The number of nitrogen functional groups attached to an aromatic ring is 1. The van der Waals surface area contributed by atoms with E-state index in [2.05, 4.69) is 21.9 Å². The lowest BCUT2D eigenvalue weighted by Gasteiger charge is -2.07. The lowest BCUT2D eigenvalue weighted by molar-refractivity contribution is 0.815. The first-order valence-electron chi connectivity index (χ1n) is 5.76. The van der Waals surface area contributed by atoms with E-state index < -0.39 is 0 Å². The molecule has 0 saturated carbocycles. The van der Waals surface area contributed by atoms with Gasteiger partial charge in [0.2, 0.25) is 0 Å². The van der Waals surface area contributed by atoms with E-state index in [4.69, 9.17) is 5.73 Å². The van der Waals surface area contributed by atoms with Crippen LogP contribution < -0.4 is 5.73 Å². The third kappa shape index (κ3) is 2.27. The van der Waals surface area contributed by atoms with Gasteiger partial charge in [0.05, 0.1) is 5.69 Å². The summed E-state index contributed by atoms with van der Waals surface area (Å²) in [6.07, 6.45) is 3.61. The van der Waals surface area contributed by atoms with Crippen molar-refractivity contribution in [3.63, 3.8) is 0 Å². The van der Waals surface area contributed by atoms with Crippen LogP contribution in [0.15, 0.2) is 12.4 Å². The minimum atomic E-state index is 0.504. The smallest absolute Gasteiger partial charge is 0.143 e. The Morgan fingerprint density at radius 2 is 2.06 bits per heavy atom. The Balaban J connectivity index is 2.48. The summed E-state index contributed by atoms with van der Waals surface area (Å²) in [4.78, 5) is 13.0. The van der Waals surface area contributed by atoms with Crippen molar-refractivity contribution in [1.29, 1.82) is 0 Å². The van der Waals surface area contributed by atoms with Crippen LogP contribution >= 0.6 is 0 Å². The normalized spacial score (nSPS) is 10.8. The van der Waals surface area contributed by atoms with Crippen molar-refractivity contribution in [3.8, 4) is 5.82 Å². The van der Waals surface area contributed by atoms with Crippen LogP contribution in [0.4, 0.5) is 5.82 Å². The fraction of sp³-hybridized carbons (Fsp3) is 0.417. The van der Waals surface area contributed by atoms with Gasteiger partial charge in [0.25, 0.3) is 0 Å². The fourth-order valence-electron chi connectivity index (χ4n) is 1.69. The molecule has 0 fully saturated rings. The fourth-order valence-corrected chi connectivity index (χ4v) is 1.69. The van der Waals surface area contributed by atoms with E-state index in [1.54, 1.807) is 12.4 Å². The molecule has 0 radical (unpaired) electrons. The number of nitrogens with zero attached hydrogens (tertiary/aromatic N) is 4. The van der Waals surface area contributed by atoms with Crippen molar-refractivity contribution in [2.24, 2.45) is 0 Å². The summed E-state index contributed by atoms with van der Waals surface area (Å²) in [6, 6.07) is 1.77. The number of hydrogen-bond donors (Lipinski definition) is 1. The van der Waals surface area contributed by atoms with Crippen LogP contribution in [0.25, 0.3) is 5.82 Å². The summed E-state index contributed by atoms with van der Waals surface area (Å²) in [7, 11) is 0. The van der Waals surface area contributed by atoms with E-state index in [9.17, 15) is 0 Å². The molecule has 5 heteroatoms. The summed E-state index contributed by atoms with van der Waals surface area (Å²) in [5.74, 6) is 2.08. The van der Waals surface area contributed by atoms with Gasteiger partial charge in [-0.25, -0.2) is 15.0 Å². The third-order valence-electron chi connectivity index (χ3n) is 2.75. The molecule has 0 saturated heterocycles. The molecule has 17 heavy (non-hydrogen) atoms. The number of aryl methyl sites for hydroxylation is 2. The molecule has 0 spiro atoms. The molecule has 0 aliphatic heterocycles. The molecule has 2 N–H and O–H groups in total. The second-order valence-electron chi connectivity index (χ2n) is 4.10. The SMILES string of the molecule is CCCc1nc(N)cc(-n2cnc(C)c2C)n1. The zero-order chi connectivity index (χ0) is 12.4. The second kappa shape index (κ2) is 4.53. The van der Waals surface area contributed by atoms with Crippen LogP contribution in [0, 0.1) is 13.8 Å². The maximum Gasteiger partial charge on any atom is 0.143 e. The van der Waals surface area contributed by atoms with Crippen molar-refractivity contribution in [2.75, 3.05) is 5.73 Å². The van der Waals surface area contributed by atoms with Gasteiger partial charge >= 0.3 is 0 Å². The van der Waals surface area contributed by atoms with Crippen molar-refractivity contribution < 1.29 is 0 Å². The summed E-state index contributed by atoms with van der Waals surface area (Å²) >= 11 is 0. The van der Waals surface area contributed by atoms with Crippen molar-refractivity contribution in [1.82, 2.24) is 19.5 Å². The number of hydrogen-bond acceptors (Lipinski definition) is 4. The summed E-state index contributed by atoms with van der Waals surface area (Å²) in [5, 5.41) is 0. The van der Waals surface area contributed by atoms with Crippen molar-refractivity contribution in [3.05, 3.63) is 29.6 Å². The molecule has 0 aliphatic rings. The van der Waals surface area contributed by atoms with Crippen LogP contribution in [0.2, 0.25) is 0 Å². The van der Waals surface area contributed by atoms with Gasteiger partial charge in [-0.05, 0) is 20.3 Å². The Hall–Kier alpha value is -1.91. The van der Waals surface area contributed by atoms with Gasteiger partial charge in [0, 0.05) is 18.2 Å². The first-order valence-corrected chi connectivity index (χ1v) is 5.76. The monoisotopic (exact) mass is 231 g/mol. The maximum absolute atomic E-state index is 5.80. The highest BCUT2D eigenvalue weighted by Gasteiger charge is 2.08. The average Bonchev–Trinajstić information content (AvgIpc) is 2.59. The zero-order valence-electron chi connectivity index (χ0n) is 10.4. The average molecular weight is 231 g/mol. The lowest BCUT2D eigenvalue weighted by Crippen LogP contribution is -2.06. The number of anilines is 1. The van der Waals surface area contributed by atoms with Crippen molar-refractivity contribution >= 4 is 5.82 Å². The van der Waals surface area contributed by atoms with Gasteiger partial charge in [0.1, 0.15) is 23.8 Å². The Morgan fingerprint density at radius 3 is 2.65 bits per heavy atom. The number of aromatic nitrogens is 4. The van der Waals surface area contributed by atoms with Gasteiger partial charge in [-0.1, -0.05) is 6.92 Å². The Bertz CT molecular complexity index is 530. The molecule has 0 amide bonds. The van der Waals surface area contributed by atoms with E-state index in [1.165, 1.54) is 0 Å². The maximum atomic E-state index is 5.80. The minimum Gasteiger partial charge on any atom is -0.384 e. The standard InChI is InChI=1S/C12H17N5/c1-4-5-11-15-10(13)6-12(16-11)17-7-14-8(2)9(17)3/h6-7H,4-5H2,1-3H3,(H2,13,15,16). The van der Waals surface area contributed by atoms with Crippen LogP contribution in [0.1, 0.15) is 30.6 Å². The number of rotatable bonds is 3. The summed E-state index contributed by atoms with van der Waals surface area (Å²) in [5.41, 5.74) is 7.87. The highest BCUT2D eigenvalue weighted by atomic mass is 15.1. The molecule has 0 aliphatic carbocycles. The highest BCUT2D eigenvalue weighted by molar-refractivity contribution is 5.39. The second-order valence-corrected chi connectivity index (χ2v) is 4.10. The first kappa shape index (κ1) is 11.6.